The summed E-state index contributed by atoms with van der Waals surface area (Å²) in [7, 11) is 0. The molecule has 0 radical (unpaired) electrons. The molecule has 2 aromatic carbocycles. The summed E-state index contributed by atoms with van der Waals surface area (Å²) in [5.41, 5.74) is -0.646. The Morgan fingerprint density at radius 2 is 1.64 bits per heavy atom. The third-order valence-electron chi connectivity index (χ3n) is 4.92. The van der Waals surface area contributed by atoms with E-state index in [2.05, 4.69) is 15.0 Å². The van der Waals surface area contributed by atoms with E-state index < -0.39 is 41.4 Å². The lowest BCUT2D eigenvalue weighted by Crippen LogP contribution is -2.18. The average molecular weight is 515 g/mol. The molecule has 4 aromatic rings. The molecule has 188 valence electrons. The summed E-state index contributed by atoms with van der Waals surface area (Å²) in [4.78, 5) is 16.7. The van der Waals surface area contributed by atoms with Crippen molar-refractivity contribution in [3.63, 3.8) is 0 Å². The molecule has 0 saturated heterocycles. The Morgan fingerprint density at radius 1 is 0.944 bits per heavy atom. The number of carbonyl (C=O) groups excluding carboxylic acids is 1. The Kier molecular flexibility index (Phi) is 6.33. The summed E-state index contributed by atoms with van der Waals surface area (Å²) in [6.45, 7) is 0. The number of rotatable bonds is 5. The zero-order chi connectivity index (χ0) is 26.3. The van der Waals surface area contributed by atoms with Crippen LogP contribution in [-0.2, 0) is 17.4 Å². The van der Waals surface area contributed by atoms with Gasteiger partial charge in [0.15, 0.2) is 17.4 Å². The molecule has 2 aromatic heterocycles. The van der Waals surface area contributed by atoms with E-state index in [0.717, 1.165) is 47.0 Å². The lowest BCUT2D eigenvalue weighted by Gasteiger charge is -2.12. The van der Waals surface area contributed by atoms with E-state index in [9.17, 15) is 39.9 Å². The number of pyridine rings is 1. The highest BCUT2D eigenvalue weighted by atomic mass is 19.4. The molecule has 0 bridgehead atoms. The Labute approximate surface area is 196 Å². The van der Waals surface area contributed by atoms with E-state index in [-0.39, 0.29) is 34.7 Å². The number of hydrogen-bond acceptors (Lipinski definition) is 3. The van der Waals surface area contributed by atoms with Gasteiger partial charge in [0.1, 0.15) is 11.5 Å². The van der Waals surface area contributed by atoms with E-state index in [4.69, 9.17) is 0 Å². The van der Waals surface area contributed by atoms with E-state index >= 15 is 0 Å². The van der Waals surface area contributed by atoms with Crippen molar-refractivity contribution in [3.05, 3.63) is 83.6 Å². The number of anilines is 1. The second-order valence-electron chi connectivity index (χ2n) is 7.50. The molecule has 0 fully saturated rings. The second-order valence-corrected chi connectivity index (χ2v) is 7.50. The van der Waals surface area contributed by atoms with Crippen LogP contribution in [0, 0.1) is 11.6 Å². The van der Waals surface area contributed by atoms with Gasteiger partial charge in [0, 0.05) is 11.8 Å². The molecule has 4 rings (SSSR count). The zero-order valence-electron chi connectivity index (χ0n) is 17.7. The first-order valence-electron chi connectivity index (χ1n) is 9.99. The Bertz CT molecular complexity index is 1430. The van der Waals surface area contributed by atoms with Gasteiger partial charge in [-0.15, -0.1) is 13.2 Å². The van der Waals surface area contributed by atoms with Crippen LogP contribution in [-0.4, -0.2) is 21.7 Å². The Hall–Kier alpha value is -4.16. The van der Waals surface area contributed by atoms with Crippen LogP contribution in [0.4, 0.5) is 40.9 Å². The summed E-state index contributed by atoms with van der Waals surface area (Å²) in [5, 5.41) is 2.43. The molecule has 0 aliphatic carbocycles. The third-order valence-corrected chi connectivity index (χ3v) is 4.92. The van der Waals surface area contributed by atoms with Gasteiger partial charge >= 0.3 is 12.5 Å². The van der Waals surface area contributed by atoms with Gasteiger partial charge in [-0.1, -0.05) is 12.1 Å². The summed E-state index contributed by atoms with van der Waals surface area (Å²) in [6.07, 6.45) is -9.06. The van der Waals surface area contributed by atoms with Crippen LogP contribution >= 0.6 is 0 Å². The maximum atomic E-state index is 14.4. The minimum Gasteiger partial charge on any atom is -0.403 e. The fourth-order valence-corrected chi connectivity index (χ4v) is 3.41. The van der Waals surface area contributed by atoms with E-state index in [1.165, 1.54) is 6.07 Å². The van der Waals surface area contributed by atoms with Crippen molar-refractivity contribution in [2.24, 2.45) is 0 Å². The predicted molar refractivity (Wildman–Crippen MR) is 111 cm³/mol. The van der Waals surface area contributed by atoms with Crippen molar-refractivity contribution in [2.45, 2.75) is 19.0 Å². The smallest absolute Gasteiger partial charge is 0.403 e. The van der Waals surface area contributed by atoms with Crippen LogP contribution in [0.2, 0.25) is 0 Å². The number of aromatic nitrogens is 2. The molecule has 0 aliphatic heterocycles. The Morgan fingerprint density at radius 3 is 2.25 bits per heavy atom. The molecule has 5 nitrogen and oxygen atoms in total. The van der Waals surface area contributed by atoms with Gasteiger partial charge in [0.2, 0.25) is 5.91 Å². The lowest BCUT2D eigenvalue weighted by molar-refractivity contribution is -0.275. The molecule has 13 heteroatoms. The number of imidazole rings is 1. The lowest BCUT2D eigenvalue weighted by atomic mass is 10.1. The molecule has 0 aliphatic rings. The van der Waals surface area contributed by atoms with Gasteiger partial charge in [-0.2, -0.15) is 13.2 Å². The van der Waals surface area contributed by atoms with E-state index in [1.807, 2.05) is 0 Å². The van der Waals surface area contributed by atoms with Gasteiger partial charge < -0.3 is 10.1 Å². The molecule has 0 spiro atoms. The van der Waals surface area contributed by atoms with Gasteiger partial charge in [-0.3, -0.25) is 9.20 Å². The number of fused-ring (bicyclic) bond motifs is 1. The first-order valence-corrected chi connectivity index (χ1v) is 9.99. The fourth-order valence-electron chi connectivity index (χ4n) is 3.41. The van der Waals surface area contributed by atoms with Crippen LogP contribution in [0.15, 0.2) is 60.8 Å². The van der Waals surface area contributed by atoms with Gasteiger partial charge in [0.25, 0.3) is 0 Å². The molecule has 0 atom stereocenters. The van der Waals surface area contributed by atoms with Gasteiger partial charge in [-0.05, 0) is 48.0 Å². The number of nitrogens with one attached hydrogen (secondary N) is 1. The maximum Gasteiger partial charge on any atom is 0.573 e. The number of carbonyl (C=O) groups is 1. The molecular weight excluding hydrogens is 502 g/mol. The molecule has 1 N–H and O–H groups in total. The van der Waals surface area contributed by atoms with Crippen LogP contribution < -0.4 is 10.1 Å². The highest BCUT2D eigenvalue weighted by molar-refractivity contribution is 5.95. The molecule has 2 heterocycles. The van der Waals surface area contributed by atoms with Crippen molar-refractivity contribution in [3.8, 4) is 17.0 Å². The van der Waals surface area contributed by atoms with Crippen LogP contribution in [0.1, 0.15) is 11.1 Å². The number of halogens is 8. The summed E-state index contributed by atoms with van der Waals surface area (Å²) in [6, 6.07) is 8.66. The number of alkyl halides is 6. The minimum atomic E-state index is -5.13. The van der Waals surface area contributed by atoms with Crippen LogP contribution in [0.5, 0.6) is 5.75 Å². The van der Waals surface area contributed by atoms with E-state index in [0.29, 0.717) is 12.1 Å². The topological polar surface area (TPSA) is 55.6 Å². The van der Waals surface area contributed by atoms with Crippen molar-refractivity contribution >= 4 is 17.4 Å². The zero-order valence-corrected chi connectivity index (χ0v) is 17.7. The molecule has 0 saturated carbocycles. The predicted octanol–water partition coefficient (Wildman–Crippen LogP) is 6.38. The molecule has 36 heavy (non-hydrogen) atoms. The first-order chi connectivity index (χ1) is 16.8. The van der Waals surface area contributed by atoms with Crippen molar-refractivity contribution in [2.75, 3.05) is 5.32 Å². The summed E-state index contributed by atoms with van der Waals surface area (Å²) >= 11 is 0. The van der Waals surface area contributed by atoms with Crippen LogP contribution in [0.3, 0.4) is 0 Å². The average Bonchev–Trinajstić information content (AvgIpc) is 3.10. The summed E-state index contributed by atoms with van der Waals surface area (Å²) < 4.78 is 109. The molecular formula is C23H13F8N3O2. The molecule has 1 amide bonds. The Balaban J connectivity index is 1.66. The highest BCUT2D eigenvalue weighted by Gasteiger charge is 2.33. The van der Waals surface area contributed by atoms with Gasteiger partial charge in [0.05, 0.1) is 17.7 Å². The molecule has 0 unspecified atom stereocenters. The quantitative estimate of drug-likeness (QED) is 0.314. The number of hydrogen-bond donors (Lipinski definition) is 1. The number of nitrogens with zero attached hydrogens (tertiary/aromatic N) is 2. The third kappa shape index (κ3) is 5.56. The van der Waals surface area contributed by atoms with Crippen LogP contribution in [0.25, 0.3) is 16.9 Å². The normalized spacial score (nSPS) is 12.1. The number of benzene rings is 2. The SMILES string of the molecule is O=C(Cc1ccc(C(F)(F)F)cc1)Nc1nc2ccc(F)cn2c1-c1ccc(OC(F)(F)F)c(F)c1. The summed E-state index contributed by atoms with van der Waals surface area (Å²) in [5.74, 6) is -4.09. The maximum absolute atomic E-state index is 14.4. The fraction of sp³-hybridized carbons (Fsp3) is 0.130. The second kappa shape index (κ2) is 9.13. The van der Waals surface area contributed by atoms with Crippen molar-refractivity contribution in [1.82, 2.24) is 9.38 Å². The largest absolute Gasteiger partial charge is 0.573 e. The minimum absolute atomic E-state index is 0.0530. The first kappa shape index (κ1) is 24.9. The number of ether oxygens (including phenoxy) is 1. The standard InChI is InChI=1S/C23H13F8N3O2/c24-15-6-8-18-32-21(33-19(35)9-12-1-4-14(5-2-12)22(26,27)28)20(34(18)11-15)13-3-7-17(16(25)10-13)36-23(29,30)31/h1-8,10-11H,9H2,(H,33,35). The monoisotopic (exact) mass is 515 g/mol. The van der Waals surface area contributed by atoms with Gasteiger partial charge in [-0.25, -0.2) is 13.8 Å². The van der Waals surface area contributed by atoms with Crippen molar-refractivity contribution < 1.29 is 44.7 Å². The van der Waals surface area contributed by atoms with E-state index in [1.54, 1.807) is 0 Å². The highest BCUT2D eigenvalue weighted by Crippen LogP contribution is 2.34. The van der Waals surface area contributed by atoms with Crippen molar-refractivity contribution in [1.29, 1.82) is 0 Å². The number of amides is 1.